The molecule has 2 aromatic rings. The van der Waals surface area contributed by atoms with Gasteiger partial charge in [-0.25, -0.2) is 0 Å². The summed E-state index contributed by atoms with van der Waals surface area (Å²) in [6.07, 6.45) is -4.24. The molecule has 0 fully saturated rings. The van der Waals surface area contributed by atoms with Crippen LogP contribution in [0.15, 0.2) is 24.4 Å². The van der Waals surface area contributed by atoms with Crippen LogP contribution in [0.5, 0.6) is 0 Å². The van der Waals surface area contributed by atoms with E-state index in [0.717, 1.165) is 10.6 Å². The van der Waals surface area contributed by atoms with Crippen LogP contribution in [0.2, 0.25) is 0 Å². The molecule has 0 radical (unpaired) electrons. The molecule has 5 nitrogen and oxygen atoms in total. The van der Waals surface area contributed by atoms with E-state index in [-0.39, 0.29) is 18.7 Å². The summed E-state index contributed by atoms with van der Waals surface area (Å²) in [7, 11) is -4.60. The highest BCUT2D eigenvalue weighted by Gasteiger charge is 2.63. The van der Waals surface area contributed by atoms with Gasteiger partial charge < -0.3 is 13.4 Å². The second-order valence-electron chi connectivity index (χ2n) is 5.88. The van der Waals surface area contributed by atoms with Crippen molar-refractivity contribution in [3.05, 3.63) is 35.7 Å². The molecular formula is C17H18F5N2O3P. The van der Waals surface area contributed by atoms with Crippen molar-refractivity contribution in [3.8, 4) is 6.07 Å². The molecule has 0 N–H and O–H groups in total. The molecule has 0 unspecified atom stereocenters. The fourth-order valence-corrected chi connectivity index (χ4v) is 4.77. The number of aromatic nitrogens is 1. The zero-order valence-electron chi connectivity index (χ0n) is 15.1. The third kappa shape index (κ3) is 3.79. The summed E-state index contributed by atoms with van der Waals surface area (Å²) in [4.78, 5) is 0. The number of nitriles is 1. The summed E-state index contributed by atoms with van der Waals surface area (Å²) in [6.45, 7) is 2.91. The van der Waals surface area contributed by atoms with Crippen LogP contribution >= 0.6 is 7.60 Å². The van der Waals surface area contributed by atoms with Gasteiger partial charge >= 0.3 is 19.7 Å². The standard InChI is InChI=1S/C17H18F5N2O3P/c1-3-9-26-28(25,27-10-4-2)15-12-7-5-6-8-24(12)13(11-23)14(15)16(18,19)17(20,21)22/h5-8H,3-4,9-10H2,1-2H3. The van der Waals surface area contributed by atoms with Gasteiger partial charge in [0.25, 0.3) is 0 Å². The lowest BCUT2D eigenvalue weighted by molar-refractivity contribution is -0.289. The molecule has 0 atom stereocenters. The van der Waals surface area contributed by atoms with Gasteiger partial charge in [-0.05, 0) is 25.0 Å². The Labute approximate surface area is 158 Å². The number of pyridine rings is 1. The first-order chi connectivity index (χ1) is 13.0. The first kappa shape index (κ1) is 22.3. The third-order valence-electron chi connectivity index (χ3n) is 3.80. The molecule has 0 spiro atoms. The van der Waals surface area contributed by atoms with E-state index < -0.39 is 36.3 Å². The zero-order valence-corrected chi connectivity index (χ0v) is 16.0. The Morgan fingerprint density at radius 2 is 1.68 bits per heavy atom. The minimum Gasteiger partial charge on any atom is -0.307 e. The van der Waals surface area contributed by atoms with Crippen LogP contribution in [0.3, 0.4) is 0 Å². The fraction of sp³-hybridized carbons (Fsp3) is 0.471. The van der Waals surface area contributed by atoms with E-state index in [9.17, 15) is 31.8 Å². The van der Waals surface area contributed by atoms with Gasteiger partial charge in [-0.2, -0.15) is 27.2 Å². The largest absolute Gasteiger partial charge is 0.458 e. The smallest absolute Gasteiger partial charge is 0.307 e. The average molecular weight is 424 g/mol. The predicted octanol–water partition coefficient (Wildman–Crippen LogP) is 5.14. The maximum absolute atomic E-state index is 14.5. The number of hydrogen-bond acceptors (Lipinski definition) is 4. The minimum atomic E-state index is -6.02. The van der Waals surface area contributed by atoms with Gasteiger partial charge in [-0.15, -0.1) is 0 Å². The van der Waals surface area contributed by atoms with E-state index >= 15 is 0 Å². The maximum Gasteiger partial charge on any atom is 0.458 e. The predicted molar refractivity (Wildman–Crippen MR) is 91.8 cm³/mol. The van der Waals surface area contributed by atoms with Crippen molar-refractivity contribution >= 4 is 18.4 Å². The van der Waals surface area contributed by atoms with E-state index in [4.69, 9.17) is 9.05 Å². The van der Waals surface area contributed by atoms with Crippen molar-refractivity contribution in [1.82, 2.24) is 4.40 Å². The van der Waals surface area contributed by atoms with Crippen LogP contribution in [0.4, 0.5) is 22.0 Å². The molecule has 0 amide bonds. The Morgan fingerprint density at radius 1 is 1.11 bits per heavy atom. The third-order valence-corrected chi connectivity index (χ3v) is 5.84. The molecule has 0 saturated heterocycles. The van der Waals surface area contributed by atoms with Gasteiger partial charge in [0.15, 0.2) is 0 Å². The van der Waals surface area contributed by atoms with Gasteiger partial charge in [0.1, 0.15) is 17.1 Å². The normalized spacial score (nSPS) is 13.1. The first-order valence-corrected chi connectivity index (χ1v) is 9.97. The van der Waals surface area contributed by atoms with E-state index in [1.54, 1.807) is 13.8 Å². The Morgan fingerprint density at radius 3 is 2.14 bits per heavy atom. The van der Waals surface area contributed by atoms with Crippen molar-refractivity contribution in [2.75, 3.05) is 13.2 Å². The number of hydrogen-bond donors (Lipinski definition) is 0. The lowest BCUT2D eigenvalue weighted by Crippen LogP contribution is -2.38. The van der Waals surface area contributed by atoms with Gasteiger partial charge in [-0.1, -0.05) is 19.9 Å². The fourth-order valence-electron chi connectivity index (χ4n) is 2.61. The monoisotopic (exact) mass is 424 g/mol. The van der Waals surface area contributed by atoms with Crippen molar-refractivity contribution in [3.63, 3.8) is 0 Å². The summed E-state index contributed by atoms with van der Waals surface area (Å²) in [5, 5.41) is 8.40. The highest BCUT2D eigenvalue weighted by molar-refractivity contribution is 7.62. The van der Waals surface area contributed by atoms with Crippen molar-refractivity contribution in [2.24, 2.45) is 0 Å². The Balaban J connectivity index is 2.96. The van der Waals surface area contributed by atoms with Gasteiger partial charge in [0.2, 0.25) is 0 Å². The molecule has 0 bridgehead atoms. The van der Waals surface area contributed by atoms with Gasteiger partial charge in [-0.3, -0.25) is 4.57 Å². The summed E-state index contributed by atoms with van der Waals surface area (Å²) in [5.74, 6) is -5.44. The van der Waals surface area contributed by atoms with Crippen molar-refractivity contribution in [2.45, 2.75) is 38.8 Å². The number of alkyl halides is 5. The molecule has 0 aliphatic heterocycles. The molecule has 11 heteroatoms. The van der Waals surface area contributed by atoms with Crippen LogP contribution in [0, 0.1) is 11.3 Å². The molecule has 2 rings (SSSR count). The molecule has 0 saturated carbocycles. The van der Waals surface area contributed by atoms with Crippen LogP contribution in [0.1, 0.15) is 37.9 Å². The molecular weight excluding hydrogens is 406 g/mol. The SMILES string of the molecule is CCCOP(=O)(OCCC)c1c(C(F)(F)C(F)(F)F)c(C#N)n2ccccc12. The summed E-state index contributed by atoms with van der Waals surface area (Å²) < 4.78 is 93.1. The van der Waals surface area contributed by atoms with E-state index in [1.807, 2.05) is 0 Å². The molecule has 0 aliphatic carbocycles. The van der Waals surface area contributed by atoms with Crippen LogP contribution < -0.4 is 5.30 Å². The van der Waals surface area contributed by atoms with Crippen LogP contribution in [0.25, 0.3) is 5.52 Å². The first-order valence-electron chi connectivity index (χ1n) is 8.43. The van der Waals surface area contributed by atoms with Crippen LogP contribution in [-0.2, 0) is 19.5 Å². The average Bonchev–Trinajstić information content (AvgIpc) is 2.99. The number of rotatable bonds is 8. The topological polar surface area (TPSA) is 63.7 Å². The highest BCUT2D eigenvalue weighted by atomic mass is 31.2. The lowest BCUT2D eigenvalue weighted by Gasteiger charge is -2.24. The summed E-state index contributed by atoms with van der Waals surface area (Å²) in [5.41, 5.74) is -2.95. The van der Waals surface area contributed by atoms with Gasteiger partial charge in [0, 0.05) is 6.20 Å². The van der Waals surface area contributed by atoms with Crippen molar-refractivity contribution in [1.29, 1.82) is 5.26 Å². The van der Waals surface area contributed by atoms with E-state index in [0.29, 0.717) is 12.8 Å². The van der Waals surface area contributed by atoms with Gasteiger partial charge in [0.05, 0.1) is 24.3 Å². The Kier molecular flexibility index (Phi) is 6.54. The van der Waals surface area contributed by atoms with Crippen molar-refractivity contribution < 1.29 is 35.6 Å². The summed E-state index contributed by atoms with van der Waals surface area (Å²) >= 11 is 0. The molecule has 0 aromatic carbocycles. The Bertz CT molecular complexity index is 921. The van der Waals surface area contributed by atoms with E-state index in [2.05, 4.69) is 0 Å². The lowest BCUT2D eigenvalue weighted by atomic mass is 10.1. The molecule has 2 heterocycles. The maximum atomic E-state index is 14.5. The molecule has 0 aliphatic rings. The second-order valence-corrected chi connectivity index (χ2v) is 7.83. The quantitative estimate of drug-likeness (QED) is 0.435. The molecule has 154 valence electrons. The Hall–Kier alpha value is -1.95. The number of fused-ring (bicyclic) bond motifs is 1. The van der Waals surface area contributed by atoms with E-state index in [1.165, 1.54) is 24.3 Å². The number of nitrogens with zero attached hydrogens (tertiary/aromatic N) is 2. The zero-order chi connectivity index (χ0) is 21.2. The summed E-state index contributed by atoms with van der Waals surface area (Å²) in [6, 6.07) is 5.26. The highest BCUT2D eigenvalue weighted by Crippen LogP contribution is 2.55. The minimum absolute atomic E-state index is 0.190. The molecule has 2 aromatic heterocycles. The van der Waals surface area contributed by atoms with Crippen LogP contribution in [-0.4, -0.2) is 23.8 Å². The second kappa shape index (κ2) is 8.19. The number of halogens is 5. The molecule has 28 heavy (non-hydrogen) atoms.